The van der Waals surface area contributed by atoms with Gasteiger partial charge in [0.2, 0.25) is 0 Å². The van der Waals surface area contributed by atoms with E-state index in [2.05, 4.69) is 13.8 Å². The van der Waals surface area contributed by atoms with Gasteiger partial charge in [-0.3, -0.25) is 9.48 Å². The quantitative estimate of drug-likeness (QED) is 0.872. The minimum Gasteiger partial charge on any atom is -0.326 e. The number of hydrogen-bond donors (Lipinski definition) is 1. The third-order valence-electron chi connectivity index (χ3n) is 3.03. The van der Waals surface area contributed by atoms with Gasteiger partial charge in [-0.05, 0) is 17.5 Å². The zero-order valence-electron chi connectivity index (χ0n) is 10.6. The van der Waals surface area contributed by atoms with Crippen LogP contribution in [0.5, 0.6) is 0 Å². The molecule has 0 bridgehead atoms. The molecule has 0 radical (unpaired) electrons. The Morgan fingerprint density at radius 3 is 2.65 bits per heavy atom. The summed E-state index contributed by atoms with van der Waals surface area (Å²) in [5.74, 6) is 0.442. The second kappa shape index (κ2) is 4.37. The number of para-hydroxylation sites is 1. The Morgan fingerprint density at radius 2 is 2.06 bits per heavy atom. The highest BCUT2D eigenvalue weighted by Gasteiger charge is 2.13. The van der Waals surface area contributed by atoms with Gasteiger partial charge in [0.25, 0.3) is 5.56 Å². The predicted molar refractivity (Wildman–Crippen MR) is 69.9 cm³/mol. The highest BCUT2D eigenvalue weighted by Crippen LogP contribution is 2.16. The maximum atomic E-state index is 12.3. The number of aryl methyl sites for hydroxylation is 1. The van der Waals surface area contributed by atoms with Crippen LogP contribution in [0.4, 0.5) is 0 Å². The fraction of sp³-hybridized carbons (Fsp3) is 0.462. The molecule has 2 aromatic rings. The molecule has 92 valence electrons. The smallest absolute Gasteiger partial charge is 0.274 e. The SMILES string of the molecule is CC(C)Cn1c(=O)c2cccc(CN)c2n1C. The zero-order valence-corrected chi connectivity index (χ0v) is 10.6. The molecule has 17 heavy (non-hydrogen) atoms. The summed E-state index contributed by atoms with van der Waals surface area (Å²) in [4.78, 5) is 12.3. The first kappa shape index (κ1) is 11.9. The van der Waals surface area contributed by atoms with Gasteiger partial charge < -0.3 is 5.73 Å². The van der Waals surface area contributed by atoms with Crippen LogP contribution in [0.15, 0.2) is 23.0 Å². The lowest BCUT2D eigenvalue weighted by molar-refractivity contribution is 0.424. The highest BCUT2D eigenvalue weighted by atomic mass is 16.1. The van der Waals surface area contributed by atoms with E-state index in [1.54, 1.807) is 4.68 Å². The lowest BCUT2D eigenvalue weighted by Crippen LogP contribution is -2.23. The molecule has 1 aromatic carbocycles. The van der Waals surface area contributed by atoms with Crippen molar-refractivity contribution in [3.63, 3.8) is 0 Å². The van der Waals surface area contributed by atoms with E-state index in [-0.39, 0.29) is 5.56 Å². The van der Waals surface area contributed by atoms with Gasteiger partial charge in [0, 0.05) is 20.1 Å². The number of benzene rings is 1. The molecule has 0 fully saturated rings. The van der Waals surface area contributed by atoms with Crippen molar-refractivity contribution in [3.05, 3.63) is 34.1 Å². The van der Waals surface area contributed by atoms with Crippen LogP contribution < -0.4 is 11.3 Å². The van der Waals surface area contributed by atoms with Gasteiger partial charge in [-0.1, -0.05) is 26.0 Å². The molecule has 0 amide bonds. The molecule has 2 N–H and O–H groups in total. The summed E-state index contributed by atoms with van der Waals surface area (Å²) in [6.45, 7) is 5.40. The van der Waals surface area contributed by atoms with Gasteiger partial charge in [-0.25, -0.2) is 4.68 Å². The van der Waals surface area contributed by atoms with Gasteiger partial charge >= 0.3 is 0 Å². The van der Waals surface area contributed by atoms with E-state index in [9.17, 15) is 4.79 Å². The lowest BCUT2D eigenvalue weighted by atomic mass is 10.1. The largest absolute Gasteiger partial charge is 0.326 e. The Labute approximate surface area is 101 Å². The van der Waals surface area contributed by atoms with Gasteiger partial charge in [-0.15, -0.1) is 0 Å². The van der Waals surface area contributed by atoms with Crippen LogP contribution in [0.3, 0.4) is 0 Å². The monoisotopic (exact) mass is 233 g/mol. The van der Waals surface area contributed by atoms with Crippen molar-refractivity contribution < 1.29 is 0 Å². The van der Waals surface area contributed by atoms with Crippen molar-refractivity contribution in [3.8, 4) is 0 Å². The molecular weight excluding hydrogens is 214 g/mol. The van der Waals surface area contributed by atoms with Crippen molar-refractivity contribution in [2.45, 2.75) is 26.9 Å². The molecule has 0 aliphatic rings. The second-order valence-corrected chi connectivity index (χ2v) is 4.82. The van der Waals surface area contributed by atoms with Crippen LogP contribution in [0.2, 0.25) is 0 Å². The van der Waals surface area contributed by atoms with Gasteiger partial charge in [0.15, 0.2) is 0 Å². The van der Waals surface area contributed by atoms with Crippen molar-refractivity contribution in [1.29, 1.82) is 0 Å². The lowest BCUT2D eigenvalue weighted by Gasteiger charge is -2.10. The molecule has 0 saturated heterocycles. The molecule has 4 heteroatoms. The van der Waals surface area contributed by atoms with Crippen LogP contribution in [0.1, 0.15) is 19.4 Å². The van der Waals surface area contributed by atoms with E-state index in [0.717, 1.165) is 23.0 Å². The third-order valence-corrected chi connectivity index (χ3v) is 3.03. The van der Waals surface area contributed by atoms with Gasteiger partial charge in [0.05, 0.1) is 10.9 Å². The highest BCUT2D eigenvalue weighted by molar-refractivity contribution is 5.82. The molecule has 4 nitrogen and oxygen atoms in total. The van der Waals surface area contributed by atoms with Crippen molar-refractivity contribution in [2.75, 3.05) is 0 Å². The first-order valence-corrected chi connectivity index (χ1v) is 5.93. The van der Waals surface area contributed by atoms with Crippen molar-refractivity contribution in [1.82, 2.24) is 9.36 Å². The van der Waals surface area contributed by atoms with Crippen LogP contribution in [-0.4, -0.2) is 9.36 Å². The Balaban J connectivity index is 2.76. The van der Waals surface area contributed by atoms with E-state index >= 15 is 0 Å². The summed E-state index contributed by atoms with van der Waals surface area (Å²) in [5, 5.41) is 0.760. The van der Waals surface area contributed by atoms with Crippen LogP contribution in [-0.2, 0) is 20.1 Å². The molecule has 0 atom stereocenters. The first-order chi connectivity index (χ1) is 8.06. The molecule has 1 heterocycles. The fourth-order valence-corrected chi connectivity index (χ4v) is 2.26. The average molecular weight is 233 g/mol. The Morgan fingerprint density at radius 1 is 1.35 bits per heavy atom. The summed E-state index contributed by atoms with van der Waals surface area (Å²) in [6, 6.07) is 5.74. The number of rotatable bonds is 3. The summed E-state index contributed by atoms with van der Waals surface area (Å²) < 4.78 is 3.72. The molecule has 0 spiro atoms. The van der Waals surface area contributed by atoms with Crippen molar-refractivity contribution in [2.24, 2.45) is 18.7 Å². The van der Waals surface area contributed by atoms with E-state index in [1.807, 2.05) is 29.9 Å². The molecule has 2 rings (SSSR count). The number of nitrogens with zero attached hydrogens (tertiary/aromatic N) is 2. The average Bonchev–Trinajstić information content (AvgIpc) is 2.54. The predicted octanol–water partition coefficient (Wildman–Crippen LogP) is 1.45. The molecule has 1 aromatic heterocycles. The van der Waals surface area contributed by atoms with E-state index in [4.69, 9.17) is 5.73 Å². The normalized spacial score (nSPS) is 11.6. The third kappa shape index (κ3) is 1.89. The second-order valence-electron chi connectivity index (χ2n) is 4.82. The van der Waals surface area contributed by atoms with E-state index in [1.165, 1.54) is 0 Å². The molecule has 0 aliphatic heterocycles. The van der Waals surface area contributed by atoms with E-state index < -0.39 is 0 Å². The Kier molecular flexibility index (Phi) is 3.07. The Bertz CT molecular complexity index is 592. The number of nitrogens with two attached hydrogens (primary N) is 1. The number of hydrogen-bond acceptors (Lipinski definition) is 2. The van der Waals surface area contributed by atoms with Crippen molar-refractivity contribution >= 4 is 10.9 Å². The van der Waals surface area contributed by atoms with Gasteiger partial charge in [0.1, 0.15) is 0 Å². The van der Waals surface area contributed by atoms with Crippen LogP contribution >= 0.6 is 0 Å². The van der Waals surface area contributed by atoms with E-state index in [0.29, 0.717) is 12.5 Å². The molecule has 0 saturated carbocycles. The molecule has 0 aliphatic carbocycles. The summed E-state index contributed by atoms with van der Waals surface area (Å²) >= 11 is 0. The maximum Gasteiger partial charge on any atom is 0.274 e. The van der Waals surface area contributed by atoms with Crippen LogP contribution in [0.25, 0.3) is 10.9 Å². The Hall–Kier alpha value is -1.55. The topological polar surface area (TPSA) is 52.9 Å². The van der Waals surface area contributed by atoms with Crippen LogP contribution in [0, 0.1) is 5.92 Å². The zero-order chi connectivity index (χ0) is 12.6. The summed E-state index contributed by atoms with van der Waals surface area (Å²) in [7, 11) is 1.92. The fourth-order valence-electron chi connectivity index (χ4n) is 2.26. The minimum atomic E-state index is 0.0755. The summed E-state index contributed by atoms with van der Waals surface area (Å²) in [6.07, 6.45) is 0. The van der Waals surface area contributed by atoms with Gasteiger partial charge in [-0.2, -0.15) is 0 Å². The maximum absolute atomic E-state index is 12.3. The standard InChI is InChI=1S/C13H19N3O/c1-9(2)8-16-13(17)11-6-4-5-10(7-14)12(11)15(16)3/h4-6,9H,7-8,14H2,1-3H3. The summed E-state index contributed by atoms with van der Waals surface area (Å²) in [5.41, 5.74) is 7.77. The number of fused-ring (bicyclic) bond motifs is 1. The first-order valence-electron chi connectivity index (χ1n) is 5.93. The minimum absolute atomic E-state index is 0.0755. The molecule has 0 unspecified atom stereocenters. The number of aromatic nitrogens is 2. The molecular formula is C13H19N3O.